The first-order chi connectivity index (χ1) is 31.5. The van der Waals surface area contributed by atoms with E-state index in [1.807, 2.05) is 24.3 Å². The van der Waals surface area contributed by atoms with Gasteiger partial charge in [0.15, 0.2) is 6.10 Å². The van der Waals surface area contributed by atoms with E-state index in [0.29, 0.717) is 19.3 Å². The van der Waals surface area contributed by atoms with Crippen LogP contribution < -0.4 is 0 Å². The average Bonchev–Trinajstić information content (AvgIpc) is 3.29. The van der Waals surface area contributed by atoms with Gasteiger partial charge in [0, 0.05) is 19.3 Å². The zero-order valence-electron chi connectivity index (χ0n) is 40.5. The number of carbonyl (C=O) groups excluding carboxylic acids is 3. The van der Waals surface area contributed by atoms with Crippen molar-refractivity contribution >= 4 is 17.9 Å². The molecule has 0 saturated carbocycles. The van der Waals surface area contributed by atoms with E-state index in [9.17, 15) is 14.4 Å². The predicted molar refractivity (Wildman–Crippen MR) is 274 cm³/mol. The highest BCUT2D eigenvalue weighted by Gasteiger charge is 2.19. The largest absolute Gasteiger partial charge is 0.462 e. The lowest BCUT2D eigenvalue weighted by molar-refractivity contribution is -0.166. The Kier molecular flexibility index (Phi) is 47.2. The summed E-state index contributed by atoms with van der Waals surface area (Å²) in [5.74, 6) is -1.13. The quantitative estimate of drug-likeness (QED) is 0.0263. The summed E-state index contributed by atoms with van der Waals surface area (Å²) in [6, 6.07) is 0. The van der Waals surface area contributed by atoms with Gasteiger partial charge in [-0.3, -0.25) is 14.4 Å². The molecule has 6 heteroatoms. The molecule has 0 aliphatic heterocycles. The Morgan fingerprint density at radius 2 is 0.594 bits per heavy atom. The van der Waals surface area contributed by atoms with Crippen LogP contribution in [0.3, 0.4) is 0 Å². The molecule has 0 amide bonds. The number of esters is 3. The Bertz CT molecular complexity index is 1480. The predicted octanol–water partition coefficient (Wildman–Crippen LogP) is 16.5. The Balaban J connectivity index is 4.65. The molecule has 0 spiro atoms. The summed E-state index contributed by atoms with van der Waals surface area (Å²) in [4.78, 5) is 37.9. The van der Waals surface area contributed by atoms with E-state index in [4.69, 9.17) is 14.2 Å². The van der Waals surface area contributed by atoms with Crippen molar-refractivity contribution in [3.63, 3.8) is 0 Å². The van der Waals surface area contributed by atoms with Crippen LogP contribution >= 0.6 is 0 Å². The Hall–Kier alpha value is -4.71. The van der Waals surface area contributed by atoms with Gasteiger partial charge >= 0.3 is 17.9 Å². The maximum atomic E-state index is 12.8. The van der Waals surface area contributed by atoms with Gasteiger partial charge in [-0.05, 0) is 109 Å². The number of unbranched alkanes of at least 4 members (excludes halogenated alkanes) is 7. The number of ether oxygens (including phenoxy) is 3. The number of carbonyl (C=O) groups is 3. The third kappa shape index (κ3) is 48.3. The van der Waals surface area contributed by atoms with Crippen LogP contribution in [0, 0.1) is 0 Å². The molecule has 0 aromatic heterocycles. The zero-order chi connectivity index (χ0) is 46.5. The van der Waals surface area contributed by atoms with Crippen LogP contribution in [-0.2, 0) is 28.6 Å². The van der Waals surface area contributed by atoms with Crippen molar-refractivity contribution in [2.24, 2.45) is 0 Å². The molecule has 0 aliphatic rings. The summed E-state index contributed by atoms with van der Waals surface area (Å²) in [7, 11) is 0. The van der Waals surface area contributed by atoms with E-state index in [2.05, 4.69) is 142 Å². The third-order valence-electron chi connectivity index (χ3n) is 9.60. The smallest absolute Gasteiger partial charge is 0.306 e. The molecule has 1 atom stereocenters. The zero-order valence-corrected chi connectivity index (χ0v) is 40.5. The molecule has 0 aromatic carbocycles. The topological polar surface area (TPSA) is 78.9 Å². The number of rotatable bonds is 42. The highest BCUT2D eigenvalue weighted by Crippen LogP contribution is 2.12. The summed E-state index contributed by atoms with van der Waals surface area (Å²) in [6.45, 7) is 6.14. The van der Waals surface area contributed by atoms with E-state index in [1.54, 1.807) is 0 Å². The second-order valence-corrected chi connectivity index (χ2v) is 15.6. The van der Waals surface area contributed by atoms with Crippen molar-refractivity contribution in [1.82, 2.24) is 0 Å². The molecule has 0 bridgehead atoms. The van der Waals surface area contributed by atoms with Gasteiger partial charge in [0.1, 0.15) is 13.2 Å². The summed E-state index contributed by atoms with van der Waals surface area (Å²) < 4.78 is 16.6. The van der Waals surface area contributed by atoms with Crippen LogP contribution in [0.5, 0.6) is 0 Å². The lowest BCUT2D eigenvalue weighted by Gasteiger charge is -2.18. The van der Waals surface area contributed by atoms with Crippen LogP contribution in [0.1, 0.15) is 181 Å². The molecule has 6 nitrogen and oxygen atoms in total. The van der Waals surface area contributed by atoms with Crippen LogP contribution in [-0.4, -0.2) is 37.2 Å². The standard InChI is InChI=1S/C58H88O6/c1-4-7-10-13-16-19-22-25-28-30-33-36-39-42-45-48-51-57(60)63-54-55(53-62-56(59)50-47-44-41-38-35-32-27-24-21-18-15-12-9-6-3)64-58(61)52-49-46-43-40-37-34-31-29-26-23-20-17-14-11-8-5-2/h7-12,16-21,25-26,28-29,33-34,36-37,42-43,45-46,55H,4-6,13-15,22-24,27,30-32,35,38-41,44,47-54H2,1-3H3/b10-7-,11-8-,12-9-,19-16-,20-17-,21-18-,28-25-,29-26-,36-33-,37-34-,45-42-,46-43-. The number of hydrogen-bond donors (Lipinski definition) is 0. The molecule has 356 valence electrons. The maximum absolute atomic E-state index is 12.8. The monoisotopic (exact) mass is 881 g/mol. The SMILES string of the molecule is CC/C=C\C/C=C\C/C=C\C/C=C\C/C=C\CCC(=O)OCC(COC(=O)CCCCCCCCC/C=C\C/C=C\CC)OC(=O)CC/C=C\C/C=C\C/C=C\C/C=C\C/C=C\CC. The summed E-state index contributed by atoms with van der Waals surface area (Å²) >= 11 is 0. The molecule has 64 heavy (non-hydrogen) atoms. The van der Waals surface area contributed by atoms with Crippen molar-refractivity contribution in [3.05, 3.63) is 146 Å². The first-order valence-electron chi connectivity index (χ1n) is 24.8. The van der Waals surface area contributed by atoms with Crippen molar-refractivity contribution in [1.29, 1.82) is 0 Å². The molecular formula is C58H88O6. The summed E-state index contributed by atoms with van der Waals surface area (Å²) in [6.07, 6.45) is 72.8. The molecule has 0 heterocycles. The van der Waals surface area contributed by atoms with Crippen molar-refractivity contribution < 1.29 is 28.6 Å². The van der Waals surface area contributed by atoms with E-state index < -0.39 is 12.1 Å². The van der Waals surface area contributed by atoms with Gasteiger partial charge in [0.05, 0.1) is 0 Å². The first kappa shape index (κ1) is 59.3. The van der Waals surface area contributed by atoms with Gasteiger partial charge in [-0.1, -0.05) is 199 Å². The number of hydrogen-bond acceptors (Lipinski definition) is 6. The molecule has 0 saturated heterocycles. The second-order valence-electron chi connectivity index (χ2n) is 15.6. The Labute approximate surface area is 391 Å². The van der Waals surface area contributed by atoms with Crippen molar-refractivity contribution in [3.8, 4) is 0 Å². The molecule has 0 aliphatic carbocycles. The maximum Gasteiger partial charge on any atom is 0.306 e. The van der Waals surface area contributed by atoms with Gasteiger partial charge in [-0.15, -0.1) is 0 Å². The fourth-order valence-corrected chi connectivity index (χ4v) is 5.99. The van der Waals surface area contributed by atoms with Crippen LogP contribution in [0.25, 0.3) is 0 Å². The lowest BCUT2D eigenvalue weighted by Crippen LogP contribution is -2.30. The fourth-order valence-electron chi connectivity index (χ4n) is 5.99. The van der Waals surface area contributed by atoms with Crippen molar-refractivity contribution in [2.45, 2.75) is 187 Å². The summed E-state index contributed by atoms with van der Waals surface area (Å²) in [5.41, 5.74) is 0. The average molecular weight is 881 g/mol. The molecule has 0 N–H and O–H groups in total. The molecule has 0 fully saturated rings. The van der Waals surface area contributed by atoms with E-state index >= 15 is 0 Å². The highest BCUT2D eigenvalue weighted by atomic mass is 16.6. The molecule has 0 aromatic rings. The van der Waals surface area contributed by atoms with E-state index in [1.165, 1.54) is 25.7 Å². The van der Waals surface area contributed by atoms with Crippen LogP contribution in [0.2, 0.25) is 0 Å². The van der Waals surface area contributed by atoms with Crippen LogP contribution in [0.4, 0.5) is 0 Å². The minimum Gasteiger partial charge on any atom is -0.462 e. The first-order valence-corrected chi connectivity index (χ1v) is 24.8. The van der Waals surface area contributed by atoms with Gasteiger partial charge in [-0.25, -0.2) is 0 Å². The second kappa shape index (κ2) is 50.9. The molecule has 1 unspecified atom stereocenters. The highest BCUT2D eigenvalue weighted by molar-refractivity contribution is 5.71. The minimum atomic E-state index is -0.856. The Morgan fingerprint density at radius 3 is 0.969 bits per heavy atom. The van der Waals surface area contributed by atoms with E-state index in [-0.39, 0.29) is 38.0 Å². The Morgan fingerprint density at radius 1 is 0.312 bits per heavy atom. The normalized spacial score (nSPS) is 13.4. The van der Waals surface area contributed by atoms with E-state index in [0.717, 1.165) is 103 Å². The summed E-state index contributed by atoms with van der Waals surface area (Å²) in [5, 5.41) is 0. The van der Waals surface area contributed by atoms with Gasteiger partial charge < -0.3 is 14.2 Å². The molecule has 0 rings (SSSR count). The van der Waals surface area contributed by atoms with Gasteiger partial charge in [-0.2, -0.15) is 0 Å². The fraction of sp³-hybridized carbons (Fsp3) is 0.534. The van der Waals surface area contributed by atoms with Crippen LogP contribution in [0.15, 0.2) is 146 Å². The van der Waals surface area contributed by atoms with Crippen molar-refractivity contribution in [2.75, 3.05) is 13.2 Å². The van der Waals surface area contributed by atoms with Gasteiger partial charge in [0.25, 0.3) is 0 Å². The minimum absolute atomic E-state index is 0.141. The number of allylic oxidation sites excluding steroid dienone is 24. The molecular weight excluding hydrogens is 793 g/mol. The van der Waals surface area contributed by atoms with Gasteiger partial charge in [0.2, 0.25) is 0 Å². The molecule has 0 radical (unpaired) electrons. The third-order valence-corrected chi connectivity index (χ3v) is 9.60. The lowest BCUT2D eigenvalue weighted by atomic mass is 10.1.